The summed E-state index contributed by atoms with van der Waals surface area (Å²) in [5.41, 5.74) is -11.2. The van der Waals surface area contributed by atoms with Crippen molar-refractivity contribution in [1.82, 2.24) is 0 Å². The summed E-state index contributed by atoms with van der Waals surface area (Å²) in [4.78, 5) is -8.91. The molecule has 8 aromatic carbocycles. The molecule has 1 aliphatic carbocycles. The standard InChI is InChI=1S/C56H48O32S8.H2O/c57-49-25-1-26-10-42(90(68,69)70)12-28(50(26)58)3-30-14-44(92(74,75)76)16-32(52(30)60)5-34-18-46(94(80,81)82)20-36(54(34)62)7-38-22-48(96(86,87)88)24-40(56(38)64)8-39-23-47(95(83,84)85)21-37(55(39)63)6-35-19-45(93(77,78)79)17-33(53(35)61)4-31-15-43(91(71,72)73)13-29(51(31)59)2-27(49)11-41(9-25)89(65,66)67;/h9-24,57-64H,1-8H2,(H,65,66,67)(H,68,69,70)(H,71,72,73)(H,74,75,76)(H,77,78,79)(H,80,81,82)(H,83,84,85)(H,86,87,88);1H2. The van der Waals surface area contributed by atoms with Crippen LogP contribution in [-0.2, 0) is 132 Å². The highest BCUT2D eigenvalue weighted by Gasteiger charge is 2.31. The Morgan fingerprint density at radius 2 is 0.227 bits per heavy atom. The van der Waals surface area contributed by atoms with E-state index in [0.29, 0.717) is 97.1 Å². The highest BCUT2D eigenvalue weighted by molar-refractivity contribution is 7.87. The Hall–Kier alpha value is -8.60. The first-order valence-electron chi connectivity index (χ1n) is 26.4. The van der Waals surface area contributed by atoms with E-state index in [0.717, 1.165) is 0 Å². The zero-order chi connectivity index (χ0) is 71.4. The summed E-state index contributed by atoms with van der Waals surface area (Å²) in [6.45, 7) is 0. The van der Waals surface area contributed by atoms with Gasteiger partial charge in [-0.1, -0.05) is 0 Å². The normalized spacial score (nSPS) is 13.9. The first kappa shape index (κ1) is 74.2. The summed E-state index contributed by atoms with van der Waals surface area (Å²) in [6.07, 6.45) is -8.52. The number of hydrogen-bond donors (Lipinski definition) is 16. The lowest BCUT2D eigenvalue weighted by molar-refractivity contribution is 0.450. The van der Waals surface area contributed by atoms with Crippen LogP contribution in [0.1, 0.15) is 89.0 Å². The number of hydrogen-bond acceptors (Lipinski definition) is 24. The third-order valence-electron chi connectivity index (χ3n) is 15.4. The largest absolute Gasteiger partial charge is 0.507 e. The molecule has 0 fully saturated rings. The summed E-state index contributed by atoms with van der Waals surface area (Å²) in [7, 11) is -43.5. The average Bonchev–Trinajstić information content (AvgIpc) is 0.783. The van der Waals surface area contributed by atoms with Gasteiger partial charge in [-0.05, 0) is 97.1 Å². The molecule has 1 aliphatic rings. The average molecular weight is 1510 g/mol. The second-order valence-electron chi connectivity index (χ2n) is 21.9. The van der Waals surface area contributed by atoms with Gasteiger partial charge in [0.2, 0.25) is 0 Å². The molecule has 0 saturated carbocycles. The molecule has 18 N–H and O–H groups in total. The lowest BCUT2D eigenvalue weighted by Crippen LogP contribution is -2.08. The summed E-state index contributed by atoms with van der Waals surface area (Å²) >= 11 is 0. The van der Waals surface area contributed by atoms with E-state index in [-0.39, 0.29) is 5.48 Å². The van der Waals surface area contributed by atoms with Crippen molar-refractivity contribution >= 4 is 80.9 Å². The Kier molecular flexibility index (Phi) is 19.6. The van der Waals surface area contributed by atoms with Crippen LogP contribution in [0.5, 0.6) is 46.0 Å². The van der Waals surface area contributed by atoms with Crippen LogP contribution in [-0.4, -0.2) is 150 Å². The van der Waals surface area contributed by atoms with E-state index in [4.69, 9.17) is 0 Å². The fraction of sp³-hybridized carbons (Fsp3) is 0.143. The third kappa shape index (κ3) is 16.0. The van der Waals surface area contributed by atoms with Gasteiger partial charge in [0.05, 0.1) is 39.2 Å². The van der Waals surface area contributed by atoms with E-state index < -0.39 is 306 Å². The minimum atomic E-state index is -5.43. The zero-order valence-corrected chi connectivity index (χ0v) is 54.9. The van der Waals surface area contributed by atoms with Crippen LogP contribution in [0.4, 0.5) is 0 Å². The second-order valence-corrected chi connectivity index (χ2v) is 33.3. The molecule has 0 aliphatic heterocycles. The maximum Gasteiger partial charge on any atom is 0.294 e. The number of rotatable bonds is 8. The third-order valence-corrected chi connectivity index (χ3v) is 22.0. The van der Waals surface area contributed by atoms with Crippen LogP contribution in [0.3, 0.4) is 0 Å². The molecule has 8 aromatic rings. The fourth-order valence-electron chi connectivity index (χ4n) is 10.8. The summed E-state index contributed by atoms with van der Waals surface area (Å²) in [5, 5.41) is 95.2. The van der Waals surface area contributed by atoms with Crippen molar-refractivity contribution in [2.75, 3.05) is 0 Å². The van der Waals surface area contributed by atoms with E-state index in [1.165, 1.54) is 0 Å². The number of fused-ring (bicyclic) bond motifs is 16. The molecular formula is C56H50O33S8. The van der Waals surface area contributed by atoms with Gasteiger partial charge in [0, 0.05) is 140 Å². The van der Waals surface area contributed by atoms with Gasteiger partial charge < -0.3 is 46.3 Å². The molecule has 0 heterocycles. The molecule has 0 spiro atoms. The van der Waals surface area contributed by atoms with Crippen LogP contribution < -0.4 is 0 Å². The molecule has 41 heteroatoms. The van der Waals surface area contributed by atoms with Crippen molar-refractivity contribution < 1.29 is 150 Å². The number of phenolic OH excluding ortho intramolecular Hbond substituents is 8. The van der Waals surface area contributed by atoms with Crippen LogP contribution in [0.15, 0.2) is 136 Å². The van der Waals surface area contributed by atoms with E-state index in [1.807, 2.05) is 0 Å². The van der Waals surface area contributed by atoms with Crippen molar-refractivity contribution in [2.24, 2.45) is 0 Å². The molecule has 520 valence electrons. The van der Waals surface area contributed by atoms with Crippen molar-refractivity contribution in [3.8, 4) is 46.0 Å². The molecule has 0 amide bonds. The summed E-state index contributed by atoms with van der Waals surface area (Å²) in [6, 6.07) is 8.95. The molecule has 16 bridgehead atoms. The van der Waals surface area contributed by atoms with Crippen molar-refractivity contribution in [1.29, 1.82) is 0 Å². The van der Waals surface area contributed by atoms with Gasteiger partial charge in [0.15, 0.2) is 0 Å². The zero-order valence-electron chi connectivity index (χ0n) is 48.3. The minimum absolute atomic E-state index is 0. The molecule has 0 saturated heterocycles. The number of aromatic hydroxyl groups is 8. The predicted molar refractivity (Wildman–Crippen MR) is 329 cm³/mol. The van der Waals surface area contributed by atoms with Crippen molar-refractivity contribution in [3.63, 3.8) is 0 Å². The Labute approximate surface area is 550 Å². The summed E-state index contributed by atoms with van der Waals surface area (Å²) < 4.78 is 289. The van der Waals surface area contributed by atoms with E-state index >= 15 is 0 Å². The van der Waals surface area contributed by atoms with Crippen molar-refractivity contribution in [3.05, 3.63) is 186 Å². The lowest BCUT2D eigenvalue weighted by Gasteiger charge is -2.19. The molecule has 97 heavy (non-hydrogen) atoms. The molecule has 0 aromatic heterocycles. The molecule has 0 unspecified atom stereocenters. The quantitative estimate of drug-likeness (QED) is 0.0968. The molecule has 0 atom stereocenters. The molecular weight excluding hydrogens is 1460 g/mol. The van der Waals surface area contributed by atoms with Gasteiger partial charge >= 0.3 is 0 Å². The maximum atomic E-state index is 12.9. The number of phenols is 8. The lowest BCUT2D eigenvalue weighted by atomic mass is 9.91. The molecule has 0 radical (unpaired) electrons. The second kappa shape index (κ2) is 25.7. The highest BCUT2D eigenvalue weighted by atomic mass is 32.2. The number of benzene rings is 8. The topological polar surface area (TPSA) is 628 Å². The van der Waals surface area contributed by atoms with Gasteiger partial charge in [-0.2, -0.15) is 67.3 Å². The minimum Gasteiger partial charge on any atom is -0.507 e. The Bertz CT molecular complexity index is 4440. The molecule has 9 rings (SSSR count). The summed E-state index contributed by atoms with van der Waals surface area (Å²) in [5.74, 6) is -8.46. The Morgan fingerprint density at radius 1 is 0.165 bits per heavy atom. The monoisotopic (exact) mass is 1510 g/mol. The molecule has 33 nitrogen and oxygen atoms in total. The van der Waals surface area contributed by atoms with E-state index in [2.05, 4.69) is 0 Å². The maximum absolute atomic E-state index is 12.9. The first-order valence-corrected chi connectivity index (χ1v) is 38.0. The van der Waals surface area contributed by atoms with Gasteiger partial charge in [-0.3, -0.25) is 36.4 Å². The van der Waals surface area contributed by atoms with Gasteiger partial charge in [0.25, 0.3) is 80.9 Å². The fourth-order valence-corrected chi connectivity index (χ4v) is 15.5. The van der Waals surface area contributed by atoms with Gasteiger partial charge in [0.1, 0.15) is 46.0 Å². The predicted octanol–water partition coefficient (Wildman–Crippen LogP) is 3.52. The highest BCUT2D eigenvalue weighted by Crippen LogP contribution is 2.44. The van der Waals surface area contributed by atoms with E-state index in [9.17, 15) is 145 Å². The van der Waals surface area contributed by atoms with Gasteiger partial charge in [-0.15, -0.1) is 0 Å². The first-order chi connectivity index (χ1) is 43.9. The smallest absolute Gasteiger partial charge is 0.294 e. The van der Waals surface area contributed by atoms with Crippen LogP contribution in [0.2, 0.25) is 0 Å². The van der Waals surface area contributed by atoms with E-state index in [1.54, 1.807) is 0 Å². The van der Waals surface area contributed by atoms with Crippen LogP contribution in [0, 0.1) is 0 Å². The SMILES string of the molecule is O.O=S(=O)(O)c1cc2c(O)c(c1)Cc1cc(S(=O)(=O)O)cc(c1O)Cc1cc(S(=O)(=O)O)cc(c1O)Cc1cc(S(=O)(=O)O)cc(c1O)Cc1cc(S(=O)(=O)O)cc(c1O)Cc1cc(S(=O)(=O)O)cc(c1O)Cc1cc(S(=O)(=O)O)cc(c1O)Cc1cc(S(=O)(=O)O)cc(c1O)C2. The van der Waals surface area contributed by atoms with Crippen LogP contribution in [0.25, 0.3) is 0 Å². The van der Waals surface area contributed by atoms with Crippen molar-refractivity contribution in [2.45, 2.75) is 90.5 Å². The van der Waals surface area contributed by atoms with Crippen LogP contribution >= 0.6 is 0 Å². The van der Waals surface area contributed by atoms with Gasteiger partial charge in [-0.25, -0.2) is 0 Å². The Balaban J connectivity index is 0.0000120. The Morgan fingerprint density at radius 3 is 0.278 bits per heavy atom.